The summed E-state index contributed by atoms with van der Waals surface area (Å²) in [5.74, 6) is 0.426. The lowest BCUT2D eigenvalue weighted by Crippen LogP contribution is -2.53. The van der Waals surface area contributed by atoms with Crippen LogP contribution in [-0.2, 0) is 9.53 Å². The van der Waals surface area contributed by atoms with E-state index in [0.717, 1.165) is 0 Å². The summed E-state index contributed by atoms with van der Waals surface area (Å²) < 4.78 is 5.30. The van der Waals surface area contributed by atoms with Crippen molar-refractivity contribution in [2.45, 2.75) is 24.9 Å². The molecule has 74 valence electrons. The SMILES string of the molecule is CO[C@]1(C)C(=O)C[C@H]1c1ccccc1. The van der Waals surface area contributed by atoms with E-state index >= 15 is 0 Å². The van der Waals surface area contributed by atoms with Crippen molar-refractivity contribution < 1.29 is 9.53 Å². The van der Waals surface area contributed by atoms with Crippen LogP contribution in [0, 0.1) is 0 Å². The van der Waals surface area contributed by atoms with Crippen molar-refractivity contribution in [2.75, 3.05) is 7.11 Å². The lowest BCUT2D eigenvalue weighted by molar-refractivity contribution is -0.157. The molecule has 2 rings (SSSR count). The molecular weight excluding hydrogens is 176 g/mol. The van der Waals surface area contributed by atoms with E-state index in [9.17, 15) is 4.79 Å². The average molecular weight is 190 g/mol. The second-order valence-corrected chi connectivity index (χ2v) is 3.90. The van der Waals surface area contributed by atoms with Crippen molar-refractivity contribution in [3.63, 3.8) is 0 Å². The summed E-state index contributed by atoms with van der Waals surface area (Å²) in [6.07, 6.45) is 0.606. The van der Waals surface area contributed by atoms with Crippen molar-refractivity contribution in [2.24, 2.45) is 0 Å². The molecular formula is C12H14O2. The molecule has 1 aliphatic rings. The maximum Gasteiger partial charge on any atom is 0.165 e. The molecule has 0 amide bonds. The minimum absolute atomic E-state index is 0.203. The zero-order chi connectivity index (χ0) is 10.2. The summed E-state index contributed by atoms with van der Waals surface area (Å²) in [5.41, 5.74) is 0.595. The Morgan fingerprint density at radius 3 is 2.50 bits per heavy atom. The van der Waals surface area contributed by atoms with E-state index in [1.54, 1.807) is 7.11 Å². The summed E-state index contributed by atoms with van der Waals surface area (Å²) in [5, 5.41) is 0. The van der Waals surface area contributed by atoms with Gasteiger partial charge >= 0.3 is 0 Å². The number of ether oxygens (including phenoxy) is 1. The van der Waals surface area contributed by atoms with Crippen LogP contribution in [-0.4, -0.2) is 18.5 Å². The van der Waals surface area contributed by atoms with Gasteiger partial charge in [-0.2, -0.15) is 0 Å². The predicted molar refractivity (Wildman–Crippen MR) is 54.2 cm³/mol. The maximum atomic E-state index is 11.4. The fourth-order valence-electron chi connectivity index (χ4n) is 2.02. The third kappa shape index (κ3) is 1.18. The van der Waals surface area contributed by atoms with Gasteiger partial charge in [-0.25, -0.2) is 0 Å². The topological polar surface area (TPSA) is 26.3 Å². The van der Waals surface area contributed by atoms with Crippen LogP contribution in [0.5, 0.6) is 0 Å². The highest BCUT2D eigenvalue weighted by Crippen LogP contribution is 2.44. The van der Waals surface area contributed by atoms with Gasteiger partial charge in [-0.15, -0.1) is 0 Å². The molecule has 2 nitrogen and oxygen atoms in total. The first-order valence-electron chi connectivity index (χ1n) is 4.82. The molecule has 0 spiro atoms. The molecule has 0 radical (unpaired) electrons. The third-order valence-corrected chi connectivity index (χ3v) is 3.23. The fraction of sp³-hybridized carbons (Fsp3) is 0.417. The summed E-state index contributed by atoms with van der Waals surface area (Å²) in [6.45, 7) is 1.87. The van der Waals surface area contributed by atoms with Crippen LogP contribution >= 0.6 is 0 Å². The number of methoxy groups -OCH3 is 1. The molecule has 1 fully saturated rings. The first-order valence-corrected chi connectivity index (χ1v) is 4.82. The summed E-state index contributed by atoms with van der Waals surface area (Å²) in [4.78, 5) is 11.4. The Hall–Kier alpha value is -1.15. The Morgan fingerprint density at radius 2 is 2.00 bits per heavy atom. The zero-order valence-electron chi connectivity index (χ0n) is 8.49. The van der Waals surface area contributed by atoms with E-state index in [4.69, 9.17) is 4.74 Å². The molecule has 0 heterocycles. The van der Waals surface area contributed by atoms with E-state index in [1.807, 2.05) is 37.3 Å². The van der Waals surface area contributed by atoms with Gasteiger partial charge in [-0.1, -0.05) is 30.3 Å². The molecule has 0 unspecified atom stereocenters. The second kappa shape index (κ2) is 3.21. The smallest absolute Gasteiger partial charge is 0.165 e. The lowest BCUT2D eigenvalue weighted by Gasteiger charge is -2.44. The third-order valence-electron chi connectivity index (χ3n) is 3.23. The number of carbonyl (C=O) groups excluding carboxylic acids is 1. The minimum atomic E-state index is -0.596. The molecule has 14 heavy (non-hydrogen) atoms. The molecule has 2 heteroatoms. The molecule has 1 aliphatic carbocycles. The Kier molecular flexibility index (Phi) is 2.16. The molecule has 2 atom stereocenters. The van der Waals surface area contributed by atoms with Gasteiger partial charge in [0.15, 0.2) is 5.78 Å². The normalized spacial score (nSPS) is 31.3. The van der Waals surface area contributed by atoms with Crippen molar-refractivity contribution in [1.82, 2.24) is 0 Å². The Morgan fingerprint density at radius 1 is 1.36 bits per heavy atom. The van der Waals surface area contributed by atoms with E-state index in [2.05, 4.69) is 0 Å². The van der Waals surface area contributed by atoms with Crippen molar-refractivity contribution in [3.05, 3.63) is 35.9 Å². The van der Waals surface area contributed by atoms with Crippen LogP contribution in [0.1, 0.15) is 24.8 Å². The Bertz CT molecular complexity index is 345. The summed E-state index contributed by atoms with van der Waals surface area (Å²) in [7, 11) is 1.60. The first-order chi connectivity index (χ1) is 6.68. The molecule has 0 aromatic heterocycles. The number of hydrogen-bond donors (Lipinski definition) is 0. The molecule has 1 aromatic carbocycles. The largest absolute Gasteiger partial charge is 0.370 e. The van der Waals surface area contributed by atoms with Gasteiger partial charge in [0.05, 0.1) is 0 Å². The quantitative estimate of drug-likeness (QED) is 0.714. The van der Waals surface area contributed by atoms with Crippen LogP contribution in [0.15, 0.2) is 30.3 Å². The number of ketones is 1. The molecule has 1 aromatic rings. The van der Waals surface area contributed by atoms with Crippen LogP contribution in [0.2, 0.25) is 0 Å². The van der Waals surface area contributed by atoms with Crippen LogP contribution in [0.25, 0.3) is 0 Å². The van der Waals surface area contributed by atoms with E-state index in [0.29, 0.717) is 6.42 Å². The highest BCUT2D eigenvalue weighted by Gasteiger charge is 2.52. The predicted octanol–water partition coefficient (Wildman–Crippen LogP) is 2.15. The Balaban J connectivity index is 2.27. The molecule has 0 saturated heterocycles. The van der Waals surface area contributed by atoms with E-state index in [1.165, 1.54) is 5.56 Å². The number of benzene rings is 1. The fourth-order valence-corrected chi connectivity index (χ4v) is 2.02. The molecule has 0 N–H and O–H groups in total. The first kappa shape index (κ1) is 9.41. The summed E-state index contributed by atoms with van der Waals surface area (Å²) >= 11 is 0. The Labute approximate surface area is 83.9 Å². The van der Waals surface area contributed by atoms with Crippen LogP contribution in [0.4, 0.5) is 0 Å². The van der Waals surface area contributed by atoms with Gasteiger partial charge in [0.2, 0.25) is 0 Å². The molecule has 1 saturated carbocycles. The maximum absolute atomic E-state index is 11.4. The number of Topliss-reactive ketones (excluding diaryl/α,β-unsaturated/α-hetero) is 1. The van der Waals surface area contributed by atoms with Crippen molar-refractivity contribution in [3.8, 4) is 0 Å². The monoisotopic (exact) mass is 190 g/mol. The van der Waals surface area contributed by atoms with Gasteiger partial charge in [0, 0.05) is 19.4 Å². The van der Waals surface area contributed by atoms with Gasteiger partial charge < -0.3 is 4.74 Å². The van der Waals surface area contributed by atoms with Gasteiger partial charge in [0.25, 0.3) is 0 Å². The standard InChI is InChI=1S/C12H14O2/c1-12(14-2)10(8-11(12)13)9-6-4-3-5-7-9/h3-7,10H,8H2,1-2H3/t10-,12-/m0/s1. The van der Waals surface area contributed by atoms with Gasteiger partial charge in [0.1, 0.15) is 5.60 Å². The van der Waals surface area contributed by atoms with Gasteiger partial charge in [-0.05, 0) is 12.5 Å². The zero-order valence-corrected chi connectivity index (χ0v) is 8.49. The van der Waals surface area contributed by atoms with E-state index in [-0.39, 0.29) is 11.7 Å². The minimum Gasteiger partial charge on any atom is -0.370 e. The van der Waals surface area contributed by atoms with Gasteiger partial charge in [-0.3, -0.25) is 4.79 Å². The van der Waals surface area contributed by atoms with Crippen LogP contribution < -0.4 is 0 Å². The van der Waals surface area contributed by atoms with Crippen molar-refractivity contribution >= 4 is 5.78 Å². The lowest BCUT2D eigenvalue weighted by atomic mass is 9.66. The summed E-state index contributed by atoms with van der Waals surface area (Å²) in [6, 6.07) is 10.1. The molecule has 0 aliphatic heterocycles. The number of carbonyl (C=O) groups is 1. The highest BCUT2D eigenvalue weighted by atomic mass is 16.5. The number of hydrogen-bond acceptors (Lipinski definition) is 2. The average Bonchev–Trinajstić information content (AvgIpc) is 2.25. The van der Waals surface area contributed by atoms with E-state index < -0.39 is 5.60 Å². The second-order valence-electron chi connectivity index (χ2n) is 3.90. The molecule has 0 bridgehead atoms. The van der Waals surface area contributed by atoms with Crippen molar-refractivity contribution in [1.29, 1.82) is 0 Å². The number of rotatable bonds is 2. The highest BCUT2D eigenvalue weighted by molar-refractivity contribution is 5.95. The van der Waals surface area contributed by atoms with Crippen LogP contribution in [0.3, 0.4) is 0 Å².